The van der Waals surface area contributed by atoms with Crippen LogP contribution in [-0.4, -0.2) is 10.9 Å². The molecule has 0 aliphatic carbocycles. The van der Waals surface area contributed by atoms with Gasteiger partial charge in [0.25, 0.3) is 0 Å². The van der Waals surface area contributed by atoms with Crippen LogP contribution in [0.15, 0.2) is 42.5 Å². The van der Waals surface area contributed by atoms with Crippen molar-refractivity contribution in [2.24, 2.45) is 11.7 Å². The fourth-order valence-electron chi connectivity index (χ4n) is 3.20. The summed E-state index contributed by atoms with van der Waals surface area (Å²) in [7, 11) is 0. The van der Waals surface area contributed by atoms with Gasteiger partial charge in [-0.15, -0.1) is 0 Å². The molecule has 0 radical (unpaired) electrons. The Balaban J connectivity index is 1.64. The topological polar surface area (TPSA) is 38.9 Å². The second kappa shape index (κ2) is 8.79. The number of hydrogen-bond acceptors (Lipinski definition) is 3. The minimum absolute atomic E-state index is 0.746. The summed E-state index contributed by atoms with van der Waals surface area (Å²) >= 11 is 7.57. The smallest absolute Gasteiger partial charge is 0.0919 e. The van der Waals surface area contributed by atoms with Gasteiger partial charge in [0.05, 0.1) is 10.4 Å². The summed E-state index contributed by atoms with van der Waals surface area (Å²) in [6, 6.07) is 14.7. The first-order valence-corrected chi connectivity index (χ1v) is 10.2. The molecule has 4 heteroatoms. The molecule has 2 nitrogen and oxygen atoms in total. The van der Waals surface area contributed by atoms with Crippen LogP contribution in [0.1, 0.15) is 38.2 Å². The summed E-state index contributed by atoms with van der Waals surface area (Å²) in [4.78, 5) is 0. The van der Waals surface area contributed by atoms with Crippen LogP contribution in [0.5, 0.6) is 0 Å². The van der Waals surface area contributed by atoms with Crippen LogP contribution in [0.2, 0.25) is 5.02 Å². The number of unbranched alkanes of at least 4 members (excludes halogenated alkanes) is 1. The van der Waals surface area contributed by atoms with E-state index in [-0.39, 0.29) is 0 Å². The highest BCUT2D eigenvalue weighted by atomic mass is 35.5. The van der Waals surface area contributed by atoms with E-state index in [1.165, 1.54) is 34.9 Å². The minimum atomic E-state index is 0.746. The van der Waals surface area contributed by atoms with E-state index in [1.54, 1.807) is 11.5 Å². The summed E-state index contributed by atoms with van der Waals surface area (Å²) in [5.74, 6) is 0.746. The van der Waals surface area contributed by atoms with E-state index in [0.29, 0.717) is 0 Å². The molecule has 0 aliphatic rings. The summed E-state index contributed by atoms with van der Waals surface area (Å²) in [6.07, 6.45) is 6.07. The first-order valence-electron chi connectivity index (χ1n) is 9.01. The Kier molecular flexibility index (Phi) is 6.46. The summed E-state index contributed by atoms with van der Waals surface area (Å²) in [5, 5.41) is 1.99. The zero-order valence-electron chi connectivity index (χ0n) is 14.7. The average Bonchev–Trinajstić information content (AvgIpc) is 3.03. The van der Waals surface area contributed by atoms with Gasteiger partial charge in [0.1, 0.15) is 0 Å². The van der Waals surface area contributed by atoms with E-state index >= 15 is 0 Å². The molecule has 0 saturated heterocycles. The first kappa shape index (κ1) is 18.4. The van der Waals surface area contributed by atoms with Gasteiger partial charge in [-0.05, 0) is 67.0 Å². The average molecular weight is 373 g/mol. The Morgan fingerprint density at radius 3 is 2.64 bits per heavy atom. The molecular weight excluding hydrogens is 348 g/mol. The molecule has 1 aromatic heterocycles. The van der Waals surface area contributed by atoms with Gasteiger partial charge in [0.15, 0.2) is 0 Å². The Labute approximate surface area is 159 Å². The third-order valence-electron chi connectivity index (χ3n) is 4.73. The third kappa shape index (κ3) is 4.81. The highest BCUT2D eigenvalue weighted by molar-refractivity contribution is 7.13. The van der Waals surface area contributed by atoms with Crippen molar-refractivity contribution in [1.29, 1.82) is 0 Å². The molecular formula is C21H25ClN2S. The van der Waals surface area contributed by atoms with Gasteiger partial charge in [0.2, 0.25) is 0 Å². The van der Waals surface area contributed by atoms with Crippen molar-refractivity contribution in [3.63, 3.8) is 0 Å². The van der Waals surface area contributed by atoms with Gasteiger partial charge in [0, 0.05) is 16.0 Å². The summed E-state index contributed by atoms with van der Waals surface area (Å²) in [5.41, 5.74) is 9.20. The van der Waals surface area contributed by atoms with Crippen molar-refractivity contribution < 1.29 is 0 Å². The van der Waals surface area contributed by atoms with Gasteiger partial charge in [-0.2, -0.15) is 4.37 Å². The summed E-state index contributed by atoms with van der Waals surface area (Å²) in [6.45, 7) is 3.10. The van der Waals surface area contributed by atoms with Gasteiger partial charge in [-0.25, -0.2) is 0 Å². The maximum Gasteiger partial charge on any atom is 0.0919 e. The number of nitrogens with two attached hydrogens (primary N) is 1. The van der Waals surface area contributed by atoms with E-state index in [1.807, 2.05) is 24.3 Å². The number of rotatable bonds is 8. The number of aromatic nitrogens is 1. The second-order valence-electron chi connectivity index (χ2n) is 6.80. The molecule has 1 unspecified atom stereocenters. The molecule has 0 aliphatic heterocycles. The van der Waals surface area contributed by atoms with Crippen molar-refractivity contribution in [1.82, 2.24) is 4.37 Å². The highest BCUT2D eigenvalue weighted by Gasteiger charge is 2.09. The van der Waals surface area contributed by atoms with Crippen LogP contribution in [0.3, 0.4) is 0 Å². The molecule has 2 N–H and O–H groups in total. The molecule has 0 fully saturated rings. The molecule has 0 bridgehead atoms. The van der Waals surface area contributed by atoms with Crippen molar-refractivity contribution in [2.45, 2.75) is 39.0 Å². The van der Waals surface area contributed by atoms with Crippen LogP contribution in [0.25, 0.3) is 21.3 Å². The zero-order chi connectivity index (χ0) is 17.6. The molecule has 3 aromatic rings. The number of fused-ring (bicyclic) bond motifs is 1. The highest BCUT2D eigenvalue weighted by Crippen LogP contribution is 2.32. The number of halogens is 1. The maximum absolute atomic E-state index is 5.99. The minimum Gasteiger partial charge on any atom is -0.330 e. The van der Waals surface area contributed by atoms with E-state index in [2.05, 4.69) is 29.5 Å². The quantitative estimate of drug-likeness (QED) is 0.470. The maximum atomic E-state index is 5.99. The lowest BCUT2D eigenvalue weighted by molar-refractivity contribution is 0.472. The second-order valence-corrected chi connectivity index (χ2v) is 8.04. The third-order valence-corrected chi connectivity index (χ3v) is 5.79. The lowest BCUT2D eigenvalue weighted by Gasteiger charge is -2.09. The van der Waals surface area contributed by atoms with Crippen LogP contribution < -0.4 is 5.73 Å². The number of aryl methyl sites for hydroxylation is 1. The van der Waals surface area contributed by atoms with Gasteiger partial charge in [-0.1, -0.05) is 55.6 Å². The van der Waals surface area contributed by atoms with Crippen LogP contribution in [-0.2, 0) is 6.42 Å². The monoisotopic (exact) mass is 372 g/mol. The Morgan fingerprint density at radius 1 is 1.08 bits per heavy atom. The molecule has 0 spiro atoms. The van der Waals surface area contributed by atoms with Crippen molar-refractivity contribution in [2.75, 3.05) is 6.54 Å². The van der Waals surface area contributed by atoms with Gasteiger partial charge >= 0.3 is 0 Å². The van der Waals surface area contributed by atoms with E-state index < -0.39 is 0 Å². The van der Waals surface area contributed by atoms with E-state index in [4.69, 9.17) is 17.3 Å². The zero-order valence-corrected chi connectivity index (χ0v) is 16.2. The number of nitrogens with zero attached hydrogens (tertiary/aromatic N) is 1. The normalized spacial score (nSPS) is 12.6. The van der Waals surface area contributed by atoms with Crippen LogP contribution in [0, 0.1) is 5.92 Å². The van der Waals surface area contributed by atoms with Crippen molar-refractivity contribution in [3.05, 3.63) is 53.1 Å². The fourth-order valence-corrected chi connectivity index (χ4v) is 4.19. The Morgan fingerprint density at radius 2 is 1.88 bits per heavy atom. The van der Waals surface area contributed by atoms with E-state index in [0.717, 1.165) is 41.6 Å². The molecule has 0 amide bonds. The lowest BCUT2D eigenvalue weighted by atomic mass is 9.98. The van der Waals surface area contributed by atoms with Crippen LogP contribution in [0.4, 0.5) is 0 Å². The molecule has 3 rings (SSSR count). The first-order chi connectivity index (χ1) is 12.2. The Hall–Kier alpha value is -1.42. The van der Waals surface area contributed by atoms with Crippen LogP contribution >= 0.6 is 23.1 Å². The lowest BCUT2D eigenvalue weighted by Crippen LogP contribution is -2.05. The van der Waals surface area contributed by atoms with Crippen molar-refractivity contribution >= 4 is 33.2 Å². The Bertz CT molecular complexity index is 810. The summed E-state index contributed by atoms with van der Waals surface area (Å²) < 4.78 is 5.93. The fraction of sp³-hybridized carbons (Fsp3) is 0.381. The molecule has 132 valence electrons. The van der Waals surface area contributed by atoms with Gasteiger partial charge in [-0.3, -0.25) is 0 Å². The molecule has 1 heterocycles. The molecule has 0 saturated carbocycles. The molecule has 1 atom stereocenters. The van der Waals surface area contributed by atoms with Crippen molar-refractivity contribution in [3.8, 4) is 11.3 Å². The number of benzene rings is 2. The SMILES string of the molecule is CC(CCN)CCCCc1ccc2c(-c3ccc(Cl)cc3)nsc2c1. The molecule has 2 aromatic carbocycles. The predicted molar refractivity (Wildman–Crippen MR) is 110 cm³/mol. The number of hydrogen-bond donors (Lipinski definition) is 1. The molecule has 25 heavy (non-hydrogen) atoms. The largest absolute Gasteiger partial charge is 0.330 e. The standard InChI is InChI=1S/C21H25ClN2S/c1-15(12-13-23)4-2-3-5-16-6-11-19-20(14-16)25-24-21(19)17-7-9-18(22)10-8-17/h6-11,14-15H,2-5,12-13,23H2,1H3. The predicted octanol–water partition coefficient (Wildman–Crippen LogP) is 6.31. The van der Waals surface area contributed by atoms with E-state index in [9.17, 15) is 0 Å². The van der Waals surface area contributed by atoms with Gasteiger partial charge < -0.3 is 5.73 Å².